The summed E-state index contributed by atoms with van der Waals surface area (Å²) in [6.07, 6.45) is 0.181. The number of hydrogen-bond acceptors (Lipinski definition) is 5. The predicted molar refractivity (Wildman–Crippen MR) is 58.0 cm³/mol. The lowest BCUT2D eigenvalue weighted by molar-refractivity contribution is -0.132. The first-order valence-electron chi connectivity index (χ1n) is 5.31. The third-order valence-electron chi connectivity index (χ3n) is 2.88. The molecular weight excluding hydrogens is 212 g/mol. The van der Waals surface area contributed by atoms with Gasteiger partial charge in [-0.2, -0.15) is 0 Å². The van der Waals surface area contributed by atoms with Crippen LogP contribution in [0, 0.1) is 0 Å². The van der Waals surface area contributed by atoms with Crippen molar-refractivity contribution in [3.05, 3.63) is 0 Å². The molecule has 0 aromatic carbocycles. The SMILES string of the molecule is COC(CN)C(=O)NCC1(OC)CCOC1. The van der Waals surface area contributed by atoms with Gasteiger partial charge in [0.1, 0.15) is 11.7 Å². The second kappa shape index (κ2) is 6.15. The maximum atomic E-state index is 11.6. The van der Waals surface area contributed by atoms with Crippen LogP contribution in [0.1, 0.15) is 6.42 Å². The number of nitrogens with two attached hydrogens (primary N) is 1. The van der Waals surface area contributed by atoms with Crippen LogP contribution < -0.4 is 11.1 Å². The van der Waals surface area contributed by atoms with Crippen LogP contribution in [0.5, 0.6) is 0 Å². The van der Waals surface area contributed by atoms with Crippen molar-refractivity contribution in [2.45, 2.75) is 18.1 Å². The largest absolute Gasteiger partial charge is 0.378 e. The molecule has 6 nitrogen and oxygen atoms in total. The highest BCUT2D eigenvalue weighted by atomic mass is 16.5. The van der Waals surface area contributed by atoms with E-state index in [1.165, 1.54) is 7.11 Å². The van der Waals surface area contributed by atoms with Gasteiger partial charge in [0.2, 0.25) is 0 Å². The van der Waals surface area contributed by atoms with Crippen molar-refractivity contribution in [3.8, 4) is 0 Å². The number of amides is 1. The molecular formula is C10H20N2O4. The Morgan fingerprint density at radius 2 is 2.38 bits per heavy atom. The van der Waals surface area contributed by atoms with Crippen molar-refractivity contribution < 1.29 is 19.0 Å². The lowest BCUT2D eigenvalue weighted by Gasteiger charge is -2.26. The quantitative estimate of drug-likeness (QED) is 0.606. The molecule has 0 bridgehead atoms. The molecule has 1 aliphatic rings. The summed E-state index contributed by atoms with van der Waals surface area (Å²) in [5.41, 5.74) is 4.99. The minimum atomic E-state index is -0.601. The zero-order valence-electron chi connectivity index (χ0n) is 9.82. The van der Waals surface area contributed by atoms with Crippen LogP contribution in [0.15, 0.2) is 0 Å². The average Bonchev–Trinajstić information content (AvgIpc) is 2.77. The van der Waals surface area contributed by atoms with Crippen molar-refractivity contribution in [1.82, 2.24) is 5.32 Å². The standard InChI is InChI=1S/C10H20N2O4/c1-14-8(5-11)9(13)12-6-10(15-2)3-4-16-7-10/h8H,3-7,11H2,1-2H3,(H,12,13). The van der Waals surface area contributed by atoms with E-state index in [0.29, 0.717) is 19.8 Å². The van der Waals surface area contributed by atoms with E-state index in [-0.39, 0.29) is 12.5 Å². The highest BCUT2D eigenvalue weighted by molar-refractivity contribution is 5.81. The van der Waals surface area contributed by atoms with Crippen LogP contribution in [0.3, 0.4) is 0 Å². The number of methoxy groups -OCH3 is 2. The fraction of sp³-hybridized carbons (Fsp3) is 0.900. The smallest absolute Gasteiger partial charge is 0.250 e. The lowest BCUT2D eigenvalue weighted by Crippen LogP contribution is -2.49. The molecule has 1 amide bonds. The summed E-state index contributed by atoms with van der Waals surface area (Å²) in [6.45, 7) is 1.75. The Balaban J connectivity index is 2.40. The molecule has 2 unspecified atom stereocenters. The monoisotopic (exact) mass is 232 g/mol. The van der Waals surface area contributed by atoms with Gasteiger partial charge < -0.3 is 25.3 Å². The molecule has 1 rings (SSSR count). The molecule has 1 heterocycles. The van der Waals surface area contributed by atoms with Gasteiger partial charge in [-0.25, -0.2) is 0 Å². The molecule has 0 radical (unpaired) electrons. The van der Waals surface area contributed by atoms with Gasteiger partial charge in [0, 0.05) is 40.3 Å². The molecule has 16 heavy (non-hydrogen) atoms. The van der Waals surface area contributed by atoms with Crippen molar-refractivity contribution in [1.29, 1.82) is 0 Å². The Morgan fingerprint density at radius 3 is 2.81 bits per heavy atom. The second-order valence-electron chi connectivity index (χ2n) is 3.87. The molecule has 1 aliphatic heterocycles. The minimum absolute atomic E-state index is 0.165. The van der Waals surface area contributed by atoms with Crippen molar-refractivity contribution in [2.75, 3.05) is 40.5 Å². The third kappa shape index (κ3) is 3.15. The first-order chi connectivity index (χ1) is 7.67. The summed E-state index contributed by atoms with van der Waals surface area (Å²) in [6, 6.07) is 0. The maximum Gasteiger partial charge on any atom is 0.250 e. The van der Waals surface area contributed by atoms with E-state index in [0.717, 1.165) is 6.42 Å². The third-order valence-corrected chi connectivity index (χ3v) is 2.88. The number of ether oxygens (including phenoxy) is 3. The summed E-state index contributed by atoms with van der Waals surface area (Å²) in [4.78, 5) is 11.6. The van der Waals surface area contributed by atoms with Gasteiger partial charge in [0.05, 0.1) is 6.61 Å². The maximum absolute atomic E-state index is 11.6. The van der Waals surface area contributed by atoms with Gasteiger partial charge in [-0.3, -0.25) is 4.79 Å². The van der Waals surface area contributed by atoms with Crippen LogP contribution in [0.4, 0.5) is 0 Å². The molecule has 1 fully saturated rings. The summed E-state index contributed by atoms with van der Waals surface area (Å²) in [7, 11) is 3.08. The Labute approximate surface area is 95.4 Å². The average molecular weight is 232 g/mol. The minimum Gasteiger partial charge on any atom is -0.378 e. The van der Waals surface area contributed by atoms with Gasteiger partial charge in [0.15, 0.2) is 0 Å². The van der Waals surface area contributed by atoms with Crippen LogP contribution >= 0.6 is 0 Å². The number of rotatable bonds is 6. The van der Waals surface area contributed by atoms with Gasteiger partial charge >= 0.3 is 0 Å². The molecule has 2 atom stereocenters. The van der Waals surface area contributed by atoms with E-state index in [9.17, 15) is 4.79 Å². The number of carbonyl (C=O) groups is 1. The Morgan fingerprint density at radius 1 is 1.62 bits per heavy atom. The van der Waals surface area contributed by atoms with E-state index >= 15 is 0 Å². The molecule has 0 saturated carbocycles. The summed E-state index contributed by atoms with van der Waals surface area (Å²) < 4.78 is 15.6. The summed E-state index contributed by atoms with van der Waals surface area (Å²) >= 11 is 0. The fourth-order valence-electron chi connectivity index (χ4n) is 1.63. The summed E-state index contributed by atoms with van der Waals surface area (Å²) in [5, 5.41) is 2.77. The van der Waals surface area contributed by atoms with Crippen molar-refractivity contribution in [2.24, 2.45) is 5.73 Å². The van der Waals surface area contributed by atoms with Crippen LogP contribution in [0.2, 0.25) is 0 Å². The van der Waals surface area contributed by atoms with E-state index < -0.39 is 11.7 Å². The number of hydrogen-bond donors (Lipinski definition) is 2. The lowest BCUT2D eigenvalue weighted by atomic mass is 10.0. The van der Waals surface area contributed by atoms with Gasteiger partial charge in [-0.1, -0.05) is 0 Å². The molecule has 0 aromatic heterocycles. The summed E-state index contributed by atoms with van der Waals surface area (Å²) in [5.74, 6) is -0.215. The zero-order valence-corrected chi connectivity index (χ0v) is 9.82. The number of nitrogens with one attached hydrogen (secondary N) is 1. The van der Waals surface area contributed by atoms with Gasteiger partial charge in [0.25, 0.3) is 5.91 Å². The van der Waals surface area contributed by atoms with Gasteiger partial charge in [-0.15, -0.1) is 0 Å². The first-order valence-corrected chi connectivity index (χ1v) is 5.31. The van der Waals surface area contributed by atoms with Crippen LogP contribution in [-0.2, 0) is 19.0 Å². The Kier molecular flexibility index (Phi) is 5.14. The number of carbonyl (C=O) groups excluding carboxylic acids is 1. The van der Waals surface area contributed by atoms with E-state index in [2.05, 4.69) is 5.32 Å². The topological polar surface area (TPSA) is 82.8 Å². The molecule has 0 spiro atoms. The highest BCUT2D eigenvalue weighted by Crippen LogP contribution is 2.21. The Bertz CT molecular complexity index is 225. The highest BCUT2D eigenvalue weighted by Gasteiger charge is 2.35. The van der Waals surface area contributed by atoms with Crippen molar-refractivity contribution in [3.63, 3.8) is 0 Å². The van der Waals surface area contributed by atoms with Crippen LogP contribution in [-0.4, -0.2) is 58.1 Å². The second-order valence-corrected chi connectivity index (χ2v) is 3.87. The molecule has 94 valence electrons. The molecule has 3 N–H and O–H groups in total. The van der Waals surface area contributed by atoms with E-state index in [1.807, 2.05) is 0 Å². The van der Waals surface area contributed by atoms with Crippen molar-refractivity contribution >= 4 is 5.91 Å². The molecule has 6 heteroatoms. The van der Waals surface area contributed by atoms with E-state index in [1.54, 1.807) is 7.11 Å². The molecule has 0 aliphatic carbocycles. The molecule has 1 saturated heterocycles. The normalized spacial score (nSPS) is 26.7. The predicted octanol–water partition coefficient (Wildman–Crippen LogP) is -1.12. The van der Waals surface area contributed by atoms with Crippen LogP contribution in [0.25, 0.3) is 0 Å². The zero-order chi connectivity index (χ0) is 12.0. The fourth-order valence-corrected chi connectivity index (χ4v) is 1.63. The Hall–Kier alpha value is -0.690. The van der Waals surface area contributed by atoms with Gasteiger partial charge in [-0.05, 0) is 0 Å². The first kappa shape index (κ1) is 13.4. The molecule has 0 aromatic rings. The van der Waals surface area contributed by atoms with E-state index in [4.69, 9.17) is 19.9 Å².